The molecule has 1 atom stereocenters. The van der Waals surface area contributed by atoms with Gasteiger partial charge in [0.15, 0.2) is 17.0 Å². The molecule has 0 bridgehead atoms. The van der Waals surface area contributed by atoms with Gasteiger partial charge in [-0.2, -0.15) is 0 Å². The first-order chi connectivity index (χ1) is 17.6. The van der Waals surface area contributed by atoms with Crippen molar-refractivity contribution in [3.05, 3.63) is 74.4 Å². The van der Waals surface area contributed by atoms with Gasteiger partial charge >= 0.3 is 6.01 Å². The van der Waals surface area contributed by atoms with E-state index >= 15 is 0 Å². The summed E-state index contributed by atoms with van der Waals surface area (Å²) in [6.45, 7) is 9.13. The fourth-order valence-corrected chi connectivity index (χ4v) is 4.00. The van der Waals surface area contributed by atoms with Crippen molar-refractivity contribution in [3.8, 4) is 23.1 Å². The Bertz CT molecular complexity index is 1550. The maximum Gasteiger partial charge on any atom is 0.316 e. The Morgan fingerprint density at radius 1 is 1.14 bits per heavy atom. The van der Waals surface area contributed by atoms with Gasteiger partial charge in [-0.15, -0.1) is 0 Å². The monoisotopic (exact) mass is 523 g/mol. The van der Waals surface area contributed by atoms with Gasteiger partial charge < -0.3 is 24.8 Å². The average molecular weight is 524 g/mol. The van der Waals surface area contributed by atoms with Gasteiger partial charge in [-0.1, -0.05) is 16.8 Å². The molecular formula is C26H26ClN5O5. The summed E-state index contributed by atoms with van der Waals surface area (Å²) in [6, 6.07) is 6.98. The molecule has 4 aromatic rings. The summed E-state index contributed by atoms with van der Waals surface area (Å²) in [7, 11) is 0. The van der Waals surface area contributed by atoms with Crippen LogP contribution in [0.4, 0.5) is 0 Å². The second-order valence-electron chi connectivity index (χ2n) is 8.76. The Balaban J connectivity index is 1.82. The van der Waals surface area contributed by atoms with Crippen molar-refractivity contribution in [2.75, 3.05) is 0 Å². The van der Waals surface area contributed by atoms with E-state index in [2.05, 4.69) is 20.1 Å². The van der Waals surface area contributed by atoms with Crippen LogP contribution in [0.2, 0.25) is 5.15 Å². The number of amidine groups is 1. The minimum Gasteiger partial charge on any atom is -0.483 e. The summed E-state index contributed by atoms with van der Waals surface area (Å²) in [5, 5.41) is 12.7. The Labute approximate surface area is 217 Å². The van der Waals surface area contributed by atoms with Crippen molar-refractivity contribution in [3.63, 3.8) is 0 Å². The molecule has 0 radical (unpaired) electrons. The van der Waals surface area contributed by atoms with E-state index in [0.29, 0.717) is 33.4 Å². The predicted octanol–water partition coefficient (Wildman–Crippen LogP) is 4.94. The molecule has 0 unspecified atom stereocenters. The molecule has 0 fully saturated rings. The molecule has 192 valence electrons. The van der Waals surface area contributed by atoms with E-state index in [1.54, 1.807) is 38.4 Å². The van der Waals surface area contributed by atoms with E-state index < -0.39 is 6.10 Å². The number of hydrogen-bond acceptors (Lipinski definition) is 9. The van der Waals surface area contributed by atoms with Crippen LogP contribution in [0.5, 0.6) is 11.8 Å². The zero-order chi connectivity index (χ0) is 26.9. The molecule has 0 amide bonds. The van der Waals surface area contributed by atoms with Crippen LogP contribution in [0, 0.1) is 13.8 Å². The molecule has 4 rings (SSSR count). The molecule has 1 aromatic carbocycles. The second-order valence-corrected chi connectivity index (χ2v) is 9.15. The number of nitrogens with zero attached hydrogens (tertiary/aromatic N) is 4. The smallest absolute Gasteiger partial charge is 0.316 e. The van der Waals surface area contributed by atoms with Crippen LogP contribution >= 0.6 is 11.6 Å². The topological polar surface area (TPSA) is 146 Å². The quantitative estimate of drug-likeness (QED) is 0.113. The maximum atomic E-state index is 13.4. The van der Waals surface area contributed by atoms with Crippen LogP contribution in [-0.4, -0.2) is 32.1 Å². The summed E-state index contributed by atoms with van der Waals surface area (Å²) in [6.07, 6.45) is 2.41. The Morgan fingerprint density at radius 2 is 1.84 bits per heavy atom. The first-order valence-electron chi connectivity index (χ1n) is 11.5. The van der Waals surface area contributed by atoms with Crippen molar-refractivity contribution < 1.29 is 19.1 Å². The van der Waals surface area contributed by atoms with Crippen LogP contribution in [0.3, 0.4) is 0 Å². The molecular weight excluding hydrogens is 498 g/mol. The molecule has 0 aliphatic heterocycles. The number of rotatable bonds is 7. The summed E-state index contributed by atoms with van der Waals surface area (Å²) in [5.41, 5.74) is 8.46. The Hall–Kier alpha value is -4.18. The van der Waals surface area contributed by atoms with Crippen LogP contribution in [-0.2, 0) is 0 Å². The number of oxime groups is 1. The van der Waals surface area contributed by atoms with E-state index in [1.165, 1.54) is 6.07 Å². The lowest BCUT2D eigenvalue weighted by atomic mass is 10.0. The molecule has 0 aliphatic rings. The number of aryl methyl sites for hydroxylation is 1. The summed E-state index contributed by atoms with van der Waals surface area (Å²) < 4.78 is 18.0. The molecule has 37 heavy (non-hydrogen) atoms. The number of ether oxygens (including phenoxy) is 2. The van der Waals surface area contributed by atoms with Crippen molar-refractivity contribution in [2.45, 2.75) is 46.8 Å². The number of aromatic nitrogens is 3. The van der Waals surface area contributed by atoms with Gasteiger partial charge in [0, 0.05) is 23.5 Å². The summed E-state index contributed by atoms with van der Waals surface area (Å²) >= 11 is 5.99. The highest BCUT2D eigenvalue weighted by Crippen LogP contribution is 2.33. The second kappa shape index (κ2) is 10.4. The third kappa shape index (κ3) is 5.34. The number of nitrogens with two attached hydrogens (primary N) is 1. The van der Waals surface area contributed by atoms with Crippen molar-refractivity contribution in [1.82, 2.24) is 15.0 Å². The van der Waals surface area contributed by atoms with E-state index in [0.717, 1.165) is 5.56 Å². The predicted molar refractivity (Wildman–Crippen MR) is 140 cm³/mol. The third-order valence-corrected chi connectivity index (χ3v) is 5.75. The molecule has 11 heteroatoms. The molecule has 3 N–H and O–H groups in total. The molecule has 0 aliphatic carbocycles. The van der Waals surface area contributed by atoms with Crippen molar-refractivity contribution in [1.29, 1.82) is 0 Å². The van der Waals surface area contributed by atoms with Crippen LogP contribution < -0.4 is 20.6 Å². The minimum absolute atomic E-state index is 0.0752. The van der Waals surface area contributed by atoms with Gasteiger partial charge in [0.25, 0.3) is 0 Å². The highest BCUT2D eigenvalue weighted by atomic mass is 35.5. The lowest BCUT2D eigenvalue weighted by Gasteiger charge is -2.19. The van der Waals surface area contributed by atoms with Gasteiger partial charge in [0.1, 0.15) is 28.3 Å². The fourth-order valence-electron chi connectivity index (χ4n) is 3.85. The van der Waals surface area contributed by atoms with E-state index in [-0.39, 0.29) is 40.0 Å². The van der Waals surface area contributed by atoms with E-state index in [4.69, 9.17) is 36.4 Å². The first-order valence-corrected chi connectivity index (χ1v) is 11.8. The maximum absolute atomic E-state index is 13.4. The average Bonchev–Trinajstić information content (AvgIpc) is 2.86. The lowest BCUT2D eigenvalue weighted by Crippen LogP contribution is -2.18. The number of halogens is 1. The van der Waals surface area contributed by atoms with Gasteiger partial charge in [-0.05, 0) is 64.4 Å². The lowest BCUT2D eigenvalue weighted by molar-refractivity contribution is 0.222. The molecule has 0 saturated heterocycles. The van der Waals surface area contributed by atoms with Gasteiger partial charge in [-0.25, -0.2) is 15.0 Å². The molecule has 10 nitrogen and oxygen atoms in total. The number of hydrogen-bond donors (Lipinski definition) is 2. The zero-order valence-corrected chi connectivity index (χ0v) is 21.7. The molecule has 3 heterocycles. The standard InChI is InChI=1S/C26H26ClN5O5/c1-12(2)35-26-29-10-16(11-30-26)23-14(4)22(33)18-9-13(3)8-17(24(18)37-23)15(5)36-19-6-7-20(27)31-21(19)25(28)32-34/h6-12,15,34H,1-5H3,(H2,28,32)/t15-/m1/s1. The van der Waals surface area contributed by atoms with Crippen LogP contribution in [0.15, 0.2) is 51.0 Å². The summed E-state index contributed by atoms with van der Waals surface area (Å²) in [5.74, 6) is 0.329. The van der Waals surface area contributed by atoms with E-state index in [9.17, 15) is 4.79 Å². The SMILES string of the molecule is Cc1cc([C@@H](C)Oc2ccc(Cl)nc2C(N)=NO)c2oc(-c3cnc(OC(C)C)nc3)c(C)c(=O)c2c1. The van der Waals surface area contributed by atoms with Crippen molar-refractivity contribution >= 4 is 28.4 Å². The van der Waals surface area contributed by atoms with Crippen molar-refractivity contribution in [2.24, 2.45) is 10.9 Å². The van der Waals surface area contributed by atoms with Gasteiger partial charge in [-0.3, -0.25) is 4.79 Å². The highest BCUT2D eigenvalue weighted by Gasteiger charge is 2.22. The number of benzene rings is 1. The Kier molecular flexibility index (Phi) is 7.30. The number of pyridine rings is 1. The van der Waals surface area contributed by atoms with Gasteiger partial charge in [0.2, 0.25) is 0 Å². The highest BCUT2D eigenvalue weighted by molar-refractivity contribution is 6.29. The first kappa shape index (κ1) is 25.9. The third-order valence-electron chi connectivity index (χ3n) is 5.54. The van der Waals surface area contributed by atoms with Crippen LogP contribution in [0.25, 0.3) is 22.3 Å². The largest absolute Gasteiger partial charge is 0.483 e. The minimum atomic E-state index is -0.618. The van der Waals surface area contributed by atoms with Crippen LogP contribution in [0.1, 0.15) is 49.3 Å². The zero-order valence-electron chi connectivity index (χ0n) is 20.9. The molecule has 0 saturated carbocycles. The molecule has 0 spiro atoms. The summed E-state index contributed by atoms with van der Waals surface area (Å²) in [4.78, 5) is 26.0. The van der Waals surface area contributed by atoms with Gasteiger partial charge in [0.05, 0.1) is 17.1 Å². The Morgan fingerprint density at radius 3 is 2.49 bits per heavy atom. The normalized spacial score (nSPS) is 12.7. The fraction of sp³-hybridized carbons (Fsp3) is 0.269. The van der Waals surface area contributed by atoms with E-state index in [1.807, 2.05) is 26.8 Å². The number of fused-ring (bicyclic) bond motifs is 1. The molecule has 3 aromatic heterocycles.